The van der Waals surface area contributed by atoms with Crippen LogP contribution in [0.2, 0.25) is 0 Å². The highest BCUT2D eigenvalue weighted by Crippen LogP contribution is 2.44. The minimum Gasteiger partial charge on any atom is -0.497 e. The Balaban J connectivity index is 1.52. The molecule has 1 aromatic carbocycles. The Hall–Kier alpha value is -2.96. The summed E-state index contributed by atoms with van der Waals surface area (Å²) in [6, 6.07) is 6.56. The molecule has 5 rings (SSSR count). The molecule has 2 heterocycles. The van der Waals surface area contributed by atoms with Crippen molar-refractivity contribution in [1.29, 1.82) is 0 Å². The van der Waals surface area contributed by atoms with E-state index in [0.717, 1.165) is 5.69 Å². The number of benzene rings is 1. The minimum absolute atomic E-state index is 0.183. The zero-order chi connectivity index (χ0) is 20.1. The van der Waals surface area contributed by atoms with Gasteiger partial charge in [-0.25, -0.2) is 14.4 Å². The lowest BCUT2D eigenvalue weighted by molar-refractivity contribution is 0.0923. The fraction of sp³-hybridized carbons (Fsp3) is 0.409. The second-order valence-electron chi connectivity index (χ2n) is 8.12. The Morgan fingerprint density at radius 1 is 1.21 bits per heavy atom. The quantitative estimate of drug-likeness (QED) is 0.691. The lowest BCUT2D eigenvalue weighted by Gasteiger charge is -2.17. The van der Waals surface area contributed by atoms with Crippen molar-refractivity contribution in [3.05, 3.63) is 47.8 Å². The first-order valence-corrected chi connectivity index (χ1v) is 10.0. The monoisotopic (exact) mass is 394 g/mol. The molecule has 0 saturated heterocycles. The minimum atomic E-state index is -0.401. The lowest BCUT2D eigenvalue weighted by atomic mass is 10.1. The maximum Gasteiger partial charge on any atom is 0.274 e. The van der Waals surface area contributed by atoms with Gasteiger partial charge in [-0.1, -0.05) is 0 Å². The van der Waals surface area contributed by atoms with E-state index in [4.69, 9.17) is 4.74 Å². The van der Waals surface area contributed by atoms with Crippen LogP contribution in [-0.4, -0.2) is 33.4 Å². The summed E-state index contributed by atoms with van der Waals surface area (Å²) in [5.74, 6) is 1.04. The van der Waals surface area contributed by atoms with E-state index in [9.17, 15) is 9.18 Å². The van der Waals surface area contributed by atoms with Crippen molar-refractivity contribution in [2.75, 3.05) is 7.11 Å². The van der Waals surface area contributed by atoms with E-state index in [1.165, 1.54) is 44.9 Å². The van der Waals surface area contributed by atoms with Gasteiger partial charge < -0.3 is 10.1 Å². The first-order chi connectivity index (χ1) is 14.0. The molecule has 6 nitrogen and oxygen atoms in total. The van der Waals surface area contributed by atoms with Gasteiger partial charge in [-0.2, -0.15) is 0 Å². The average Bonchev–Trinajstić information content (AvgIpc) is 3.63. The summed E-state index contributed by atoms with van der Waals surface area (Å²) in [6.07, 6.45) is 6.37. The number of fused-ring (bicyclic) bond motifs is 1. The number of nitrogens with one attached hydrogen (secondary N) is 1. The summed E-state index contributed by atoms with van der Waals surface area (Å²) in [5, 5.41) is 3.21. The first kappa shape index (κ1) is 18.1. The normalized spacial score (nSPS) is 16.4. The van der Waals surface area contributed by atoms with Crippen LogP contribution in [0, 0.1) is 24.6 Å². The smallest absolute Gasteiger partial charge is 0.274 e. The summed E-state index contributed by atoms with van der Waals surface area (Å²) >= 11 is 0. The van der Waals surface area contributed by atoms with Gasteiger partial charge >= 0.3 is 0 Å². The number of amides is 1. The molecule has 29 heavy (non-hydrogen) atoms. The van der Waals surface area contributed by atoms with E-state index in [-0.39, 0.29) is 11.9 Å². The zero-order valence-electron chi connectivity index (χ0n) is 16.5. The Kier molecular flexibility index (Phi) is 4.26. The maximum atomic E-state index is 14.0. The van der Waals surface area contributed by atoms with Crippen molar-refractivity contribution in [2.24, 2.45) is 11.8 Å². The fourth-order valence-electron chi connectivity index (χ4n) is 4.01. The Morgan fingerprint density at radius 3 is 2.59 bits per heavy atom. The number of hydrogen-bond donors (Lipinski definition) is 1. The summed E-state index contributed by atoms with van der Waals surface area (Å²) in [6.45, 7) is 1.91. The summed E-state index contributed by atoms with van der Waals surface area (Å²) in [7, 11) is 1.50. The Bertz CT molecular complexity index is 1090. The van der Waals surface area contributed by atoms with Gasteiger partial charge in [0.1, 0.15) is 17.9 Å². The van der Waals surface area contributed by atoms with Crippen LogP contribution in [0.3, 0.4) is 0 Å². The van der Waals surface area contributed by atoms with E-state index in [0.29, 0.717) is 40.2 Å². The van der Waals surface area contributed by atoms with E-state index in [2.05, 4.69) is 15.3 Å². The van der Waals surface area contributed by atoms with E-state index in [1.54, 1.807) is 16.8 Å². The largest absolute Gasteiger partial charge is 0.497 e. The second kappa shape index (κ2) is 6.83. The molecule has 0 radical (unpaired) electrons. The number of carbonyl (C=O) groups excluding carboxylic acids is 1. The molecule has 2 saturated carbocycles. The number of aromatic nitrogens is 3. The van der Waals surface area contributed by atoms with Gasteiger partial charge in [0.15, 0.2) is 11.3 Å². The molecule has 0 aliphatic heterocycles. The highest BCUT2D eigenvalue weighted by molar-refractivity contribution is 5.98. The predicted molar refractivity (Wildman–Crippen MR) is 106 cm³/mol. The van der Waals surface area contributed by atoms with Gasteiger partial charge in [0.2, 0.25) is 0 Å². The molecule has 0 spiro atoms. The molecule has 150 valence electrons. The van der Waals surface area contributed by atoms with Crippen molar-refractivity contribution < 1.29 is 13.9 Å². The summed E-state index contributed by atoms with van der Waals surface area (Å²) in [4.78, 5) is 22.0. The van der Waals surface area contributed by atoms with Gasteiger partial charge in [0.25, 0.3) is 5.91 Å². The molecule has 0 bridgehead atoms. The summed E-state index contributed by atoms with van der Waals surface area (Å²) < 4.78 is 20.9. The van der Waals surface area contributed by atoms with E-state index in [1.807, 2.05) is 13.0 Å². The SMILES string of the molecule is COc1cc(F)cc(-c2cc(C)n3cnc(C(=O)NC(C4CC4)C4CC4)c3n2)c1. The first-order valence-electron chi connectivity index (χ1n) is 10.0. The Morgan fingerprint density at radius 2 is 1.93 bits per heavy atom. The van der Waals surface area contributed by atoms with Crippen molar-refractivity contribution in [3.63, 3.8) is 0 Å². The van der Waals surface area contributed by atoms with Gasteiger partial charge in [-0.05, 0) is 62.6 Å². The molecular weight excluding hydrogens is 371 g/mol. The molecule has 7 heteroatoms. The number of imidazole rings is 1. The van der Waals surface area contributed by atoms with Crippen LogP contribution in [0.5, 0.6) is 5.75 Å². The molecule has 2 fully saturated rings. The highest BCUT2D eigenvalue weighted by Gasteiger charge is 2.42. The van der Waals surface area contributed by atoms with Crippen molar-refractivity contribution in [3.8, 4) is 17.0 Å². The van der Waals surface area contributed by atoms with Gasteiger partial charge in [-0.3, -0.25) is 9.20 Å². The molecule has 2 aliphatic carbocycles. The number of rotatable bonds is 6. The number of aryl methyl sites for hydroxylation is 1. The fourth-order valence-corrected chi connectivity index (χ4v) is 4.01. The number of carbonyl (C=O) groups is 1. The van der Waals surface area contributed by atoms with E-state index >= 15 is 0 Å². The predicted octanol–water partition coefficient (Wildman–Crippen LogP) is 3.77. The number of nitrogens with zero attached hydrogens (tertiary/aromatic N) is 3. The van der Waals surface area contributed by atoms with Gasteiger partial charge in [0.05, 0.1) is 12.8 Å². The zero-order valence-corrected chi connectivity index (χ0v) is 16.5. The Labute approximate surface area is 168 Å². The van der Waals surface area contributed by atoms with Crippen molar-refractivity contribution in [2.45, 2.75) is 38.6 Å². The van der Waals surface area contributed by atoms with E-state index < -0.39 is 5.82 Å². The van der Waals surface area contributed by atoms with Crippen LogP contribution in [0.15, 0.2) is 30.6 Å². The van der Waals surface area contributed by atoms with Gasteiger partial charge in [0, 0.05) is 23.4 Å². The standard InChI is InChI=1S/C22H23FN4O2/c1-12-7-18(15-8-16(23)10-17(9-15)29-2)25-21-20(24-11-27(12)21)22(28)26-19(13-3-4-13)14-5-6-14/h7-11,13-14,19H,3-6H2,1-2H3,(H,26,28). The van der Waals surface area contributed by atoms with Gasteiger partial charge in [-0.15, -0.1) is 0 Å². The third-order valence-corrected chi connectivity index (χ3v) is 5.87. The van der Waals surface area contributed by atoms with Crippen LogP contribution >= 0.6 is 0 Å². The molecule has 0 unspecified atom stereocenters. The third kappa shape index (κ3) is 3.45. The lowest BCUT2D eigenvalue weighted by Crippen LogP contribution is -2.38. The average molecular weight is 394 g/mol. The molecule has 2 aromatic heterocycles. The molecular formula is C22H23FN4O2. The molecule has 1 N–H and O–H groups in total. The molecule has 3 aromatic rings. The molecule has 1 amide bonds. The number of methoxy groups -OCH3 is 1. The molecule has 2 aliphatic rings. The van der Waals surface area contributed by atoms with Crippen LogP contribution < -0.4 is 10.1 Å². The third-order valence-electron chi connectivity index (χ3n) is 5.87. The highest BCUT2D eigenvalue weighted by atomic mass is 19.1. The van der Waals surface area contributed by atoms with Crippen LogP contribution in [0.4, 0.5) is 4.39 Å². The number of halogens is 1. The maximum absolute atomic E-state index is 14.0. The number of hydrogen-bond acceptors (Lipinski definition) is 4. The van der Waals surface area contributed by atoms with Crippen LogP contribution in [0.25, 0.3) is 16.9 Å². The van der Waals surface area contributed by atoms with Crippen molar-refractivity contribution in [1.82, 2.24) is 19.7 Å². The number of ether oxygens (including phenoxy) is 1. The van der Waals surface area contributed by atoms with Crippen LogP contribution in [0.1, 0.15) is 41.9 Å². The molecule has 0 atom stereocenters. The summed E-state index contributed by atoms with van der Waals surface area (Å²) in [5.41, 5.74) is 2.81. The van der Waals surface area contributed by atoms with Crippen molar-refractivity contribution >= 4 is 11.6 Å². The van der Waals surface area contributed by atoms with Crippen LogP contribution in [-0.2, 0) is 0 Å². The second-order valence-corrected chi connectivity index (χ2v) is 8.12. The topological polar surface area (TPSA) is 68.5 Å².